The van der Waals surface area contributed by atoms with E-state index in [1.54, 1.807) is 6.20 Å². The first-order valence-corrected chi connectivity index (χ1v) is 7.47. The maximum atomic E-state index is 11.8. The molecule has 0 saturated carbocycles. The van der Waals surface area contributed by atoms with E-state index in [1.807, 2.05) is 37.3 Å². The third-order valence-corrected chi connectivity index (χ3v) is 3.61. The van der Waals surface area contributed by atoms with Crippen LogP contribution in [0.1, 0.15) is 18.2 Å². The molecule has 2 aromatic rings. The molecule has 104 valence electrons. The minimum absolute atomic E-state index is 0.0515. The SMILES string of the molecule is CCc1ccc(NC(=O)CSc2nccc(C)n2)cc1. The van der Waals surface area contributed by atoms with Crippen LogP contribution in [-0.2, 0) is 11.2 Å². The van der Waals surface area contributed by atoms with Crippen LogP contribution in [0.15, 0.2) is 41.7 Å². The van der Waals surface area contributed by atoms with Gasteiger partial charge in [0.05, 0.1) is 5.75 Å². The number of rotatable bonds is 5. The van der Waals surface area contributed by atoms with Gasteiger partial charge in [0.1, 0.15) is 0 Å². The molecule has 0 aliphatic heterocycles. The van der Waals surface area contributed by atoms with Crippen molar-refractivity contribution in [3.8, 4) is 0 Å². The average Bonchev–Trinajstić information content (AvgIpc) is 2.46. The summed E-state index contributed by atoms with van der Waals surface area (Å²) in [4.78, 5) is 20.2. The number of aryl methyl sites for hydroxylation is 2. The lowest BCUT2D eigenvalue weighted by Gasteiger charge is -2.05. The van der Waals surface area contributed by atoms with E-state index < -0.39 is 0 Å². The fourth-order valence-electron chi connectivity index (χ4n) is 1.65. The minimum Gasteiger partial charge on any atom is -0.325 e. The molecular formula is C15H17N3OS. The Morgan fingerprint density at radius 1 is 1.25 bits per heavy atom. The zero-order valence-electron chi connectivity index (χ0n) is 11.6. The lowest BCUT2D eigenvalue weighted by atomic mass is 10.1. The van der Waals surface area contributed by atoms with Crippen LogP contribution in [-0.4, -0.2) is 21.6 Å². The van der Waals surface area contributed by atoms with Crippen LogP contribution >= 0.6 is 11.8 Å². The van der Waals surface area contributed by atoms with Crippen LogP contribution in [0.2, 0.25) is 0 Å². The maximum absolute atomic E-state index is 11.8. The molecule has 0 aliphatic rings. The summed E-state index contributed by atoms with van der Waals surface area (Å²) in [5.41, 5.74) is 2.97. The fraction of sp³-hybridized carbons (Fsp3) is 0.267. The molecule has 0 aliphatic carbocycles. The lowest BCUT2D eigenvalue weighted by molar-refractivity contribution is -0.113. The number of aromatic nitrogens is 2. The van der Waals surface area contributed by atoms with Crippen molar-refractivity contribution in [1.82, 2.24) is 9.97 Å². The van der Waals surface area contributed by atoms with Crippen LogP contribution < -0.4 is 5.32 Å². The van der Waals surface area contributed by atoms with Crippen LogP contribution in [0.4, 0.5) is 5.69 Å². The first-order chi connectivity index (χ1) is 9.67. The molecule has 20 heavy (non-hydrogen) atoms. The fourth-order valence-corrected chi connectivity index (χ4v) is 2.32. The van der Waals surface area contributed by atoms with Gasteiger partial charge in [-0.05, 0) is 37.1 Å². The van der Waals surface area contributed by atoms with Gasteiger partial charge in [0.15, 0.2) is 5.16 Å². The van der Waals surface area contributed by atoms with Crippen molar-refractivity contribution in [2.45, 2.75) is 25.4 Å². The Kier molecular flexibility index (Phi) is 5.12. The number of thioether (sulfide) groups is 1. The number of nitrogens with zero attached hydrogens (tertiary/aromatic N) is 2. The normalized spacial score (nSPS) is 10.3. The summed E-state index contributed by atoms with van der Waals surface area (Å²) >= 11 is 1.34. The third-order valence-electron chi connectivity index (χ3n) is 2.75. The minimum atomic E-state index is -0.0515. The van der Waals surface area contributed by atoms with Gasteiger partial charge in [-0.3, -0.25) is 4.79 Å². The molecule has 0 saturated heterocycles. The molecule has 2 rings (SSSR count). The highest BCUT2D eigenvalue weighted by Gasteiger charge is 2.05. The smallest absolute Gasteiger partial charge is 0.234 e. The zero-order valence-corrected chi connectivity index (χ0v) is 12.4. The Bertz CT molecular complexity index is 584. The number of anilines is 1. The average molecular weight is 287 g/mol. The molecule has 0 spiro atoms. The van der Waals surface area contributed by atoms with Gasteiger partial charge in [-0.25, -0.2) is 9.97 Å². The molecule has 5 heteroatoms. The second-order valence-electron chi connectivity index (χ2n) is 4.37. The summed E-state index contributed by atoms with van der Waals surface area (Å²) in [7, 11) is 0. The molecule has 1 aromatic heterocycles. The lowest BCUT2D eigenvalue weighted by Crippen LogP contribution is -2.14. The van der Waals surface area contributed by atoms with Gasteiger partial charge >= 0.3 is 0 Å². The van der Waals surface area contributed by atoms with Gasteiger partial charge in [-0.1, -0.05) is 30.8 Å². The number of nitrogens with one attached hydrogen (secondary N) is 1. The van der Waals surface area contributed by atoms with Crippen molar-refractivity contribution in [1.29, 1.82) is 0 Å². The molecule has 1 aromatic carbocycles. The van der Waals surface area contributed by atoms with E-state index in [0.29, 0.717) is 10.9 Å². The molecule has 0 fully saturated rings. The summed E-state index contributed by atoms with van der Waals surface area (Å²) in [6.45, 7) is 4.01. The van der Waals surface area contributed by atoms with E-state index in [9.17, 15) is 4.79 Å². The molecule has 0 atom stereocenters. The molecule has 1 heterocycles. The van der Waals surface area contributed by atoms with Crippen molar-refractivity contribution < 1.29 is 4.79 Å². The highest BCUT2D eigenvalue weighted by Crippen LogP contribution is 2.14. The van der Waals surface area contributed by atoms with Crippen LogP contribution in [0.5, 0.6) is 0 Å². The molecule has 0 unspecified atom stereocenters. The van der Waals surface area contributed by atoms with Crippen molar-refractivity contribution in [3.63, 3.8) is 0 Å². The van der Waals surface area contributed by atoms with Crippen LogP contribution in [0, 0.1) is 6.92 Å². The number of amides is 1. The van der Waals surface area contributed by atoms with Gasteiger partial charge in [0, 0.05) is 17.6 Å². The Balaban J connectivity index is 1.85. The number of hydrogen-bond donors (Lipinski definition) is 1. The predicted molar refractivity (Wildman–Crippen MR) is 81.9 cm³/mol. The van der Waals surface area contributed by atoms with Crippen LogP contribution in [0.3, 0.4) is 0 Å². The van der Waals surface area contributed by atoms with E-state index >= 15 is 0 Å². The van der Waals surface area contributed by atoms with Crippen molar-refractivity contribution in [3.05, 3.63) is 47.8 Å². The van der Waals surface area contributed by atoms with Gasteiger partial charge in [-0.15, -0.1) is 0 Å². The summed E-state index contributed by atoms with van der Waals surface area (Å²) in [6.07, 6.45) is 2.70. The van der Waals surface area contributed by atoms with E-state index in [2.05, 4.69) is 22.2 Å². The Hall–Kier alpha value is -1.88. The molecular weight excluding hydrogens is 270 g/mol. The molecule has 4 nitrogen and oxygen atoms in total. The Morgan fingerprint density at radius 3 is 2.65 bits per heavy atom. The van der Waals surface area contributed by atoms with E-state index in [0.717, 1.165) is 17.8 Å². The quantitative estimate of drug-likeness (QED) is 0.678. The van der Waals surface area contributed by atoms with Gasteiger partial charge < -0.3 is 5.32 Å². The summed E-state index contributed by atoms with van der Waals surface area (Å²) in [5, 5.41) is 3.49. The maximum Gasteiger partial charge on any atom is 0.234 e. The van der Waals surface area contributed by atoms with E-state index in [1.165, 1.54) is 17.3 Å². The first kappa shape index (κ1) is 14.5. The van der Waals surface area contributed by atoms with Gasteiger partial charge in [-0.2, -0.15) is 0 Å². The summed E-state index contributed by atoms with van der Waals surface area (Å²) < 4.78 is 0. The summed E-state index contributed by atoms with van der Waals surface area (Å²) in [5.74, 6) is 0.253. The topological polar surface area (TPSA) is 54.9 Å². The number of hydrogen-bond acceptors (Lipinski definition) is 4. The first-order valence-electron chi connectivity index (χ1n) is 6.48. The second-order valence-corrected chi connectivity index (χ2v) is 5.31. The third kappa shape index (κ3) is 4.35. The molecule has 1 N–H and O–H groups in total. The number of benzene rings is 1. The molecule has 0 radical (unpaired) electrons. The van der Waals surface area contributed by atoms with Gasteiger partial charge in [0.25, 0.3) is 0 Å². The standard InChI is InChI=1S/C15H17N3OS/c1-3-12-4-6-13(7-5-12)18-14(19)10-20-15-16-9-8-11(2)17-15/h4-9H,3,10H2,1-2H3,(H,18,19). The second kappa shape index (κ2) is 7.05. The molecule has 0 bridgehead atoms. The van der Waals surface area contributed by atoms with Crippen molar-refractivity contribution in [2.75, 3.05) is 11.1 Å². The zero-order chi connectivity index (χ0) is 14.4. The van der Waals surface area contributed by atoms with Crippen LogP contribution in [0.25, 0.3) is 0 Å². The Labute approximate surface area is 123 Å². The van der Waals surface area contributed by atoms with Crippen molar-refractivity contribution >= 4 is 23.4 Å². The largest absolute Gasteiger partial charge is 0.325 e. The highest BCUT2D eigenvalue weighted by molar-refractivity contribution is 7.99. The van der Waals surface area contributed by atoms with Crippen molar-refractivity contribution in [2.24, 2.45) is 0 Å². The predicted octanol–water partition coefficient (Wildman–Crippen LogP) is 3.08. The number of carbonyl (C=O) groups is 1. The monoisotopic (exact) mass is 287 g/mol. The number of carbonyl (C=O) groups excluding carboxylic acids is 1. The summed E-state index contributed by atoms with van der Waals surface area (Å²) in [6, 6.07) is 9.72. The molecule has 1 amide bonds. The van der Waals surface area contributed by atoms with E-state index in [4.69, 9.17) is 0 Å². The van der Waals surface area contributed by atoms with E-state index in [-0.39, 0.29) is 5.91 Å². The van der Waals surface area contributed by atoms with Gasteiger partial charge in [0.2, 0.25) is 5.91 Å². The Morgan fingerprint density at radius 2 is 2.00 bits per heavy atom. The highest BCUT2D eigenvalue weighted by atomic mass is 32.2.